The first-order chi connectivity index (χ1) is 9.20. The van der Waals surface area contributed by atoms with Crippen LogP contribution < -0.4 is 11.1 Å². The van der Waals surface area contributed by atoms with Crippen LogP contribution in [0.2, 0.25) is 0 Å². The van der Waals surface area contributed by atoms with Crippen LogP contribution >= 0.6 is 0 Å². The predicted molar refractivity (Wildman–Crippen MR) is 76.7 cm³/mol. The molecule has 4 nitrogen and oxygen atoms in total. The first-order valence-electron chi connectivity index (χ1n) is 6.32. The Kier molecular flexibility index (Phi) is 4.13. The van der Waals surface area contributed by atoms with Crippen LogP contribution in [0, 0.1) is 0 Å². The predicted octanol–water partition coefficient (Wildman–Crippen LogP) is 2.47. The van der Waals surface area contributed by atoms with E-state index in [0.29, 0.717) is 17.9 Å². The summed E-state index contributed by atoms with van der Waals surface area (Å²) in [5.74, 6) is -0.146. The second-order valence-corrected chi connectivity index (χ2v) is 4.29. The number of carbonyl (C=O) groups excluding carboxylic acids is 1. The second-order valence-electron chi connectivity index (χ2n) is 4.29. The molecule has 1 heterocycles. The minimum absolute atomic E-state index is 0.146. The summed E-state index contributed by atoms with van der Waals surface area (Å²) in [7, 11) is 0. The van der Waals surface area contributed by atoms with Gasteiger partial charge in [-0.1, -0.05) is 25.1 Å². The minimum Gasteiger partial charge on any atom is -0.399 e. The zero-order valence-electron chi connectivity index (χ0n) is 10.9. The first kappa shape index (κ1) is 13.1. The number of benzene rings is 1. The van der Waals surface area contributed by atoms with Crippen LogP contribution in [0.15, 0.2) is 42.5 Å². The van der Waals surface area contributed by atoms with Crippen LogP contribution in [0.1, 0.15) is 23.8 Å². The van der Waals surface area contributed by atoms with Gasteiger partial charge in [-0.25, -0.2) is 4.98 Å². The van der Waals surface area contributed by atoms with E-state index in [1.807, 2.05) is 43.3 Å². The Balaban J connectivity index is 2.26. The summed E-state index contributed by atoms with van der Waals surface area (Å²) in [6.45, 7) is 2.67. The molecule has 2 aromatic rings. The zero-order valence-corrected chi connectivity index (χ0v) is 10.9. The summed E-state index contributed by atoms with van der Waals surface area (Å²) >= 11 is 0. The van der Waals surface area contributed by atoms with Crippen molar-refractivity contribution in [2.24, 2.45) is 0 Å². The van der Waals surface area contributed by atoms with Crippen molar-refractivity contribution in [3.8, 4) is 11.3 Å². The summed E-state index contributed by atoms with van der Waals surface area (Å²) in [5.41, 5.74) is 8.51. The first-order valence-corrected chi connectivity index (χ1v) is 6.32. The SMILES string of the molecule is CCCNC(=O)c1cccc(-c2cccc(N)c2)n1. The number of nitrogens with two attached hydrogens (primary N) is 1. The maximum absolute atomic E-state index is 11.9. The van der Waals surface area contributed by atoms with Gasteiger partial charge in [-0.2, -0.15) is 0 Å². The van der Waals surface area contributed by atoms with E-state index in [9.17, 15) is 4.79 Å². The fraction of sp³-hybridized carbons (Fsp3) is 0.200. The second kappa shape index (κ2) is 6.00. The average molecular weight is 255 g/mol. The van der Waals surface area contributed by atoms with Crippen LogP contribution in [0.5, 0.6) is 0 Å². The van der Waals surface area contributed by atoms with Crippen LogP contribution in [0.3, 0.4) is 0 Å². The number of anilines is 1. The quantitative estimate of drug-likeness (QED) is 0.825. The molecule has 0 aliphatic rings. The third kappa shape index (κ3) is 3.31. The molecule has 1 amide bonds. The third-order valence-electron chi connectivity index (χ3n) is 2.70. The molecule has 0 bridgehead atoms. The Bertz CT molecular complexity index is 581. The van der Waals surface area contributed by atoms with Crippen molar-refractivity contribution in [2.45, 2.75) is 13.3 Å². The molecule has 19 heavy (non-hydrogen) atoms. The van der Waals surface area contributed by atoms with Gasteiger partial charge in [0.1, 0.15) is 5.69 Å². The molecule has 1 aromatic heterocycles. The Morgan fingerprint density at radius 2 is 2.05 bits per heavy atom. The molecule has 0 aliphatic carbocycles. The van der Waals surface area contributed by atoms with E-state index < -0.39 is 0 Å². The molecule has 4 heteroatoms. The topological polar surface area (TPSA) is 68.0 Å². The maximum Gasteiger partial charge on any atom is 0.269 e. The van der Waals surface area contributed by atoms with Crippen molar-refractivity contribution in [1.29, 1.82) is 0 Å². The van der Waals surface area contributed by atoms with E-state index in [1.165, 1.54) is 0 Å². The van der Waals surface area contributed by atoms with Gasteiger partial charge >= 0.3 is 0 Å². The van der Waals surface area contributed by atoms with Gasteiger partial charge in [-0.15, -0.1) is 0 Å². The summed E-state index contributed by atoms with van der Waals surface area (Å²) < 4.78 is 0. The number of nitrogen functional groups attached to an aromatic ring is 1. The number of aromatic nitrogens is 1. The molecule has 98 valence electrons. The van der Waals surface area contributed by atoms with Crippen molar-refractivity contribution in [1.82, 2.24) is 10.3 Å². The van der Waals surface area contributed by atoms with Crippen molar-refractivity contribution in [3.63, 3.8) is 0 Å². The van der Waals surface area contributed by atoms with Gasteiger partial charge in [0, 0.05) is 17.8 Å². The van der Waals surface area contributed by atoms with Crippen molar-refractivity contribution < 1.29 is 4.79 Å². The molecule has 0 radical (unpaired) electrons. The standard InChI is InChI=1S/C15H17N3O/c1-2-9-17-15(19)14-8-4-7-13(18-14)11-5-3-6-12(16)10-11/h3-8,10H,2,9,16H2,1H3,(H,17,19). The highest BCUT2D eigenvalue weighted by atomic mass is 16.1. The largest absolute Gasteiger partial charge is 0.399 e. The van der Waals surface area contributed by atoms with Gasteiger partial charge in [-0.05, 0) is 30.7 Å². The Morgan fingerprint density at radius 3 is 2.79 bits per heavy atom. The van der Waals surface area contributed by atoms with Crippen molar-refractivity contribution in [2.75, 3.05) is 12.3 Å². The molecule has 0 spiro atoms. The highest BCUT2D eigenvalue weighted by Gasteiger charge is 2.08. The number of hydrogen-bond acceptors (Lipinski definition) is 3. The van der Waals surface area contributed by atoms with E-state index >= 15 is 0 Å². The molecule has 2 rings (SSSR count). The summed E-state index contributed by atoms with van der Waals surface area (Å²) in [4.78, 5) is 16.2. The normalized spacial score (nSPS) is 10.2. The van der Waals surface area contributed by atoms with Crippen LogP contribution in [0.25, 0.3) is 11.3 Å². The van der Waals surface area contributed by atoms with Gasteiger partial charge in [0.25, 0.3) is 5.91 Å². The lowest BCUT2D eigenvalue weighted by molar-refractivity contribution is 0.0949. The van der Waals surface area contributed by atoms with Crippen LogP contribution in [-0.4, -0.2) is 17.4 Å². The maximum atomic E-state index is 11.9. The van der Waals surface area contributed by atoms with Crippen LogP contribution in [-0.2, 0) is 0 Å². The lowest BCUT2D eigenvalue weighted by Gasteiger charge is -2.06. The van der Waals surface area contributed by atoms with Gasteiger partial charge in [0.2, 0.25) is 0 Å². The van der Waals surface area contributed by atoms with Gasteiger partial charge in [0.05, 0.1) is 5.69 Å². The average Bonchev–Trinajstić information content (AvgIpc) is 2.45. The number of carbonyl (C=O) groups is 1. The number of hydrogen-bond donors (Lipinski definition) is 2. The Labute approximate surface area is 112 Å². The molecule has 0 aliphatic heterocycles. The highest BCUT2D eigenvalue weighted by Crippen LogP contribution is 2.19. The third-order valence-corrected chi connectivity index (χ3v) is 2.70. The molecule has 0 atom stereocenters. The lowest BCUT2D eigenvalue weighted by atomic mass is 10.1. The van der Waals surface area contributed by atoms with Gasteiger partial charge in [-0.3, -0.25) is 4.79 Å². The molecular formula is C15H17N3O. The fourth-order valence-electron chi connectivity index (χ4n) is 1.75. The number of nitrogens with one attached hydrogen (secondary N) is 1. The zero-order chi connectivity index (χ0) is 13.7. The summed E-state index contributed by atoms with van der Waals surface area (Å²) in [6, 6.07) is 12.9. The molecular weight excluding hydrogens is 238 g/mol. The molecule has 1 aromatic carbocycles. The van der Waals surface area contributed by atoms with Crippen molar-refractivity contribution in [3.05, 3.63) is 48.2 Å². The van der Waals surface area contributed by atoms with E-state index in [2.05, 4.69) is 10.3 Å². The fourth-order valence-corrected chi connectivity index (χ4v) is 1.75. The molecule has 0 unspecified atom stereocenters. The molecule has 0 saturated heterocycles. The Hall–Kier alpha value is -2.36. The summed E-state index contributed by atoms with van der Waals surface area (Å²) in [5, 5.41) is 2.81. The minimum atomic E-state index is -0.146. The van der Waals surface area contributed by atoms with Crippen molar-refractivity contribution >= 4 is 11.6 Å². The molecule has 0 fully saturated rings. The van der Waals surface area contributed by atoms with E-state index in [-0.39, 0.29) is 5.91 Å². The summed E-state index contributed by atoms with van der Waals surface area (Å²) in [6.07, 6.45) is 0.903. The van der Waals surface area contributed by atoms with E-state index in [0.717, 1.165) is 17.7 Å². The molecule has 3 N–H and O–H groups in total. The van der Waals surface area contributed by atoms with Gasteiger partial charge in [0.15, 0.2) is 0 Å². The number of amides is 1. The smallest absolute Gasteiger partial charge is 0.269 e. The van der Waals surface area contributed by atoms with Gasteiger partial charge < -0.3 is 11.1 Å². The lowest BCUT2D eigenvalue weighted by Crippen LogP contribution is -2.24. The number of pyridine rings is 1. The Morgan fingerprint density at radius 1 is 1.26 bits per heavy atom. The molecule has 0 saturated carbocycles. The number of nitrogens with zero attached hydrogens (tertiary/aromatic N) is 1. The number of rotatable bonds is 4. The monoisotopic (exact) mass is 255 g/mol. The van der Waals surface area contributed by atoms with Crippen LogP contribution in [0.4, 0.5) is 5.69 Å². The highest BCUT2D eigenvalue weighted by molar-refractivity contribution is 5.92. The van der Waals surface area contributed by atoms with E-state index in [1.54, 1.807) is 6.07 Å². The van der Waals surface area contributed by atoms with E-state index in [4.69, 9.17) is 5.73 Å².